The van der Waals surface area contributed by atoms with E-state index in [0.717, 1.165) is 5.56 Å². The zero-order valence-corrected chi connectivity index (χ0v) is 8.50. The van der Waals surface area contributed by atoms with E-state index in [1.165, 1.54) is 0 Å². The molecule has 4 nitrogen and oxygen atoms in total. The van der Waals surface area contributed by atoms with Crippen LogP contribution in [0.4, 0.5) is 0 Å². The van der Waals surface area contributed by atoms with Crippen LogP contribution >= 0.6 is 0 Å². The lowest BCUT2D eigenvalue weighted by Gasteiger charge is -2.05. The van der Waals surface area contributed by atoms with E-state index in [1.807, 2.05) is 24.3 Å². The lowest BCUT2D eigenvalue weighted by Crippen LogP contribution is -1.96. The van der Waals surface area contributed by atoms with Gasteiger partial charge in [0.05, 0.1) is 6.20 Å². The first-order chi connectivity index (χ1) is 7.88. The van der Waals surface area contributed by atoms with Crippen LogP contribution in [0.15, 0.2) is 42.9 Å². The van der Waals surface area contributed by atoms with Gasteiger partial charge in [0.15, 0.2) is 0 Å². The van der Waals surface area contributed by atoms with Crippen molar-refractivity contribution in [1.29, 1.82) is 5.26 Å². The maximum atomic E-state index is 8.68. The topological polar surface area (TPSA) is 58.8 Å². The first-order valence-electron chi connectivity index (χ1n) is 4.76. The molecule has 16 heavy (non-hydrogen) atoms. The molecule has 2 heterocycles. The van der Waals surface area contributed by atoms with Crippen molar-refractivity contribution in [3.05, 3.63) is 54.1 Å². The first kappa shape index (κ1) is 10.1. The Bertz CT molecular complexity index is 505. The molecule has 0 amide bonds. The van der Waals surface area contributed by atoms with Gasteiger partial charge in [-0.2, -0.15) is 5.26 Å². The van der Waals surface area contributed by atoms with Gasteiger partial charge in [0, 0.05) is 12.4 Å². The van der Waals surface area contributed by atoms with Gasteiger partial charge in [0.1, 0.15) is 24.1 Å². The van der Waals surface area contributed by atoms with Crippen molar-refractivity contribution < 1.29 is 4.74 Å². The van der Waals surface area contributed by atoms with Gasteiger partial charge < -0.3 is 4.74 Å². The quantitative estimate of drug-likeness (QED) is 0.778. The second-order valence-electron chi connectivity index (χ2n) is 3.14. The molecular weight excluding hydrogens is 202 g/mol. The van der Waals surface area contributed by atoms with E-state index in [4.69, 9.17) is 10.00 Å². The van der Waals surface area contributed by atoms with Gasteiger partial charge in [-0.1, -0.05) is 0 Å². The average Bonchev–Trinajstić information content (AvgIpc) is 2.38. The maximum Gasteiger partial charge on any atom is 0.140 e. The van der Waals surface area contributed by atoms with Gasteiger partial charge in [-0.05, 0) is 29.8 Å². The highest BCUT2D eigenvalue weighted by Gasteiger charge is 1.97. The second kappa shape index (κ2) is 4.89. The minimum absolute atomic E-state index is 0.396. The lowest BCUT2D eigenvalue weighted by atomic mass is 10.2. The van der Waals surface area contributed by atoms with Gasteiger partial charge in [-0.25, -0.2) is 4.98 Å². The summed E-state index contributed by atoms with van der Waals surface area (Å²) in [7, 11) is 0. The highest BCUT2D eigenvalue weighted by atomic mass is 16.5. The molecule has 2 aromatic rings. The van der Waals surface area contributed by atoms with E-state index in [0.29, 0.717) is 18.1 Å². The van der Waals surface area contributed by atoms with Gasteiger partial charge in [-0.3, -0.25) is 4.98 Å². The van der Waals surface area contributed by atoms with Crippen LogP contribution in [0.5, 0.6) is 5.75 Å². The van der Waals surface area contributed by atoms with Crippen molar-refractivity contribution in [2.45, 2.75) is 6.61 Å². The van der Waals surface area contributed by atoms with E-state index in [1.54, 1.807) is 24.7 Å². The summed E-state index contributed by atoms with van der Waals surface area (Å²) < 4.78 is 5.49. The summed E-state index contributed by atoms with van der Waals surface area (Å²) in [6.45, 7) is 0.406. The number of hydrogen-bond donors (Lipinski definition) is 0. The molecule has 0 atom stereocenters. The molecule has 2 aromatic heterocycles. The van der Waals surface area contributed by atoms with Crippen molar-refractivity contribution in [2.75, 3.05) is 0 Å². The fraction of sp³-hybridized carbons (Fsp3) is 0.0833. The predicted octanol–water partition coefficient (Wildman–Crippen LogP) is 1.93. The van der Waals surface area contributed by atoms with Gasteiger partial charge in [0.25, 0.3) is 0 Å². The summed E-state index contributed by atoms with van der Waals surface area (Å²) in [6.07, 6.45) is 4.93. The number of nitrogens with zero attached hydrogens (tertiary/aromatic N) is 3. The van der Waals surface area contributed by atoms with Gasteiger partial charge in [0.2, 0.25) is 0 Å². The van der Waals surface area contributed by atoms with Crippen LogP contribution in [-0.4, -0.2) is 9.97 Å². The van der Waals surface area contributed by atoms with E-state index in [2.05, 4.69) is 9.97 Å². The fourth-order valence-electron chi connectivity index (χ4n) is 1.22. The Hall–Kier alpha value is -2.41. The number of ether oxygens (including phenoxy) is 1. The highest BCUT2D eigenvalue weighted by molar-refractivity contribution is 5.25. The molecule has 0 aliphatic heterocycles. The minimum Gasteiger partial charge on any atom is -0.487 e. The normalized spacial score (nSPS) is 9.44. The molecule has 0 radical (unpaired) electrons. The third-order valence-corrected chi connectivity index (χ3v) is 1.98. The molecule has 0 aliphatic rings. The first-order valence-corrected chi connectivity index (χ1v) is 4.76. The summed E-state index contributed by atoms with van der Waals surface area (Å²) in [4.78, 5) is 7.82. The standard InChI is InChI=1S/C12H9N3O/c13-7-11-6-10(3-5-15-11)9-16-12-2-1-4-14-8-12/h1-6,8H,9H2. The van der Waals surface area contributed by atoms with Crippen LogP contribution in [0.1, 0.15) is 11.3 Å². The molecule has 0 bridgehead atoms. The van der Waals surface area contributed by atoms with Crippen LogP contribution in [0, 0.1) is 11.3 Å². The monoisotopic (exact) mass is 211 g/mol. The van der Waals surface area contributed by atoms with Crippen LogP contribution in [-0.2, 0) is 6.61 Å². The summed E-state index contributed by atoms with van der Waals surface area (Å²) in [5, 5.41) is 8.68. The van der Waals surface area contributed by atoms with Crippen molar-refractivity contribution in [3.63, 3.8) is 0 Å². The Labute approximate surface area is 93.2 Å². The summed E-state index contributed by atoms with van der Waals surface area (Å²) in [5.41, 5.74) is 1.31. The number of rotatable bonds is 3. The average molecular weight is 211 g/mol. The Balaban J connectivity index is 2.03. The Kier molecular flexibility index (Phi) is 3.10. The van der Waals surface area contributed by atoms with Crippen LogP contribution in [0.3, 0.4) is 0 Å². The predicted molar refractivity (Wildman–Crippen MR) is 57.5 cm³/mol. The molecule has 78 valence electrons. The molecule has 0 fully saturated rings. The van der Waals surface area contributed by atoms with Gasteiger partial charge >= 0.3 is 0 Å². The van der Waals surface area contributed by atoms with Gasteiger partial charge in [-0.15, -0.1) is 0 Å². The minimum atomic E-state index is 0.396. The Morgan fingerprint density at radius 2 is 2.25 bits per heavy atom. The maximum absolute atomic E-state index is 8.68. The van der Waals surface area contributed by atoms with Crippen molar-refractivity contribution in [2.24, 2.45) is 0 Å². The smallest absolute Gasteiger partial charge is 0.140 e. The Morgan fingerprint density at radius 3 is 3.00 bits per heavy atom. The third kappa shape index (κ3) is 2.55. The Morgan fingerprint density at radius 1 is 1.31 bits per heavy atom. The van der Waals surface area contributed by atoms with Crippen molar-refractivity contribution >= 4 is 0 Å². The molecule has 0 aliphatic carbocycles. The summed E-state index contributed by atoms with van der Waals surface area (Å²) in [5.74, 6) is 0.706. The zero-order chi connectivity index (χ0) is 11.2. The molecule has 0 saturated carbocycles. The largest absolute Gasteiger partial charge is 0.487 e. The summed E-state index contributed by atoms with van der Waals surface area (Å²) >= 11 is 0. The van der Waals surface area contributed by atoms with Crippen molar-refractivity contribution in [3.8, 4) is 11.8 Å². The second-order valence-corrected chi connectivity index (χ2v) is 3.14. The SMILES string of the molecule is N#Cc1cc(COc2cccnc2)ccn1. The molecule has 2 rings (SSSR count). The molecule has 0 saturated heterocycles. The van der Waals surface area contributed by atoms with E-state index in [9.17, 15) is 0 Å². The number of hydrogen-bond acceptors (Lipinski definition) is 4. The van der Waals surface area contributed by atoms with Crippen LogP contribution < -0.4 is 4.74 Å². The third-order valence-electron chi connectivity index (χ3n) is 1.98. The molecule has 0 aromatic carbocycles. The van der Waals surface area contributed by atoms with E-state index >= 15 is 0 Å². The molecule has 0 spiro atoms. The molecule has 0 unspecified atom stereocenters. The summed E-state index contributed by atoms with van der Waals surface area (Å²) in [6, 6.07) is 9.15. The highest BCUT2D eigenvalue weighted by Crippen LogP contribution is 2.10. The number of pyridine rings is 2. The lowest BCUT2D eigenvalue weighted by molar-refractivity contribution is 0.305. The number of nitriles is 1. The fourth-order valence-corrected chi connectivity index (χ4v) is 1.22. The van der Waals surface area contributed by atoms with E-state index < -0.39 is 0 Å². The van der Waals surface area contributed by atoms with Crippen LogP contribution in [0.2, 0.25) is 0 Å². The molecule has 4 heteroatoms. The molecular formula is C12H9N3O. The zero-order valence-electron chi connectivity index (χ0n) is 8.50. The molecule has 0 N–H and O–H groups in total. The van der Waals surface area contributed by atoms with Crippen LogP contribution in [0.25, 0.3) is 0 Å². The van der Waals surface area contributed by atoms with Crippen molar-refractivity contribution in [1.82, 2.24) is 9.97 Å². The number of aromatic nitrogens is 2. The van der Waals surface area contributed by atoms with E-state index in [-0.39, 0.29) is 0 Å².